The number of hydrogen-bond acceptors (Lipinski definition) is 9. The number of pyridine rings is 2. The Labute approximate surface area is 230 Å². The number of aryl methyl sites for hydroxylation is 1. The number of nitrogens with one attached hydrogen (secondary N) is 1. The van der Waals surface area contributed by atoms with Crippen LogP contribution in [-0.4, -0.2) is 66.6 Å². The van der Waals surface area contributed by atoms with Gasteiger partial charge in [-0.1, -0.05) is 6.07 Å². The normalized spacial score (nSPS) is 15.9. The van der Waals surface area contributed by atoms with Crippen LogP contribution in [-0.2, 0) is 14.8 Å². The van der Waals surface area contributed by atoms with Gasteiger partial charge in [-0.05, 0) is 56.2 Å². The van der Waals surface area contributed by atoms with Crippen LogP contribution in [0.1, 0.15) is 18.9 Å². The van der Waals surface area contributed by atoms with Gasteiger partial charge in [-0.15, -0.1) is 0 Å². The monoisotopic (exact) mass is 569 g/mol. The lowest BCUT2D eigenvalue weighted by molar-refractivity contribution is 0.0987. The van der Waals surface area contributed by atoms with Crippen molar-refractivity contribution in [1.29, 1.82) is 0 Å². The van der Waals surface area contributed by atoms with E-state index in [-0.39, 0.29) is 29.4 Å². The van der Waals surface area contributed by atoms with Crippen LogP contribution in [0, 0.1) is 12.7 Å². The van der Waals surface area contributed by atoms with Crippen LogP contribution in [0.5, 0.6) is 0 Å². The summed E-state index contributed by atoms with van der Waals surface area (Å²) in [5, 5.41) is 0. The van der Waals surface area contributed by atoms with Crippen LogP contribution in [0.2, 0.25) is 0 Å². The largest absolute Gasteiger partial charge is 0.384 e. The molecule has 3 aromatic heterocycles. The topological polar surface area (TPSA) is 136 Å². The predicted molar refractivity (Wildman–Crippen MR) is 151 cm³/mol. The molecule has 1 unspecified atom stereocenters. The minimum Gasteiger partial charge on any atom is -0.384 e. The summed E-state index contributed by atoms with van der Waals surface area (Å²) < 4.78 is 60.5. The van der Waals surface area contributed by atoms with Gasteiger partial charge in [0.25, 0.3) is 0 Å². The van der Waals surface area contributed by atoms with Gasteiger partial charge in [0.1, 0.15) is 11.3 Å². The van der Waals surface area contributed by atoms with E-state index in [0.29, 0.717) is 48.3 Å². The summed E-state index contributed by atoms with van der Waals surface area (Å²) in [6.45, 7) is 4.72. The summed E-state index contributed by atoms with van der Waals surface area (Å²) >= 11 is 0. The maximum Gasteiger partial charge on any atom is 0.232 e. The number of benzene rings is 1. The molecule has 1 aliphatic rings. The fourth-order valence-electron chi connectivity index (χ4n) is 4.60. The summed E-state index contributed by atoms with van der Waals surface area (Å²) in [6.07, 6.45) is 1.45. The van der Waals surface area contributed by atoms with E-state index in [9.17, 15) is 12.8 Å². The molecular weight excluding hydrogens is 540 g/mol. The summed E-state index contributed by atoms with van der Waals surface area (Å²) in [7, 11) is -3.92. The number of alkyl halides is 1. The average Bonchev–Trinajstić information content (AvgIpc) is 2.92. The van der Waals surface area contributed by atoms with Crippen molar-refractivity contribution in [2.45, 2.75) is 26.3 Å². The highest BCUT2D eigenvalue weighted by atomic mass is 32.2. The molecule has 1 atom stereocenters. The smallest absolute Gasteiger partial charge is 0.232 e. The van der Waals surface area contributed by atoms with Crippen molar-refractivity contribution in [2.24, 2.45) is 0 Å². The zero-order valence-corrected chi connectivity index (χ0v) is 22.9. The van der Waals surface area contributed by atoms with Crippen molar-refractivity contribution in [3.05, 3.63) is 54.0 Å². The van der Waals surface area contributed by atoms with E-state index in [4.69, 9.17) is 25.4 Å². The van der Waals surface area contributed by atoms with Crippen LogP contribution < -0.4 is 15.4 Å². The first kappa shape index (κ1) is 27.6. The number of anilines is 3. The highest BCUT2D eigenvalue weighted by Gasteiger charge is 2.25. The van der Waals surface area contributed by atoms with Crippen LogP contribution in [0.25, 0.3) is 33.7 Å². The first-order valence-corrected chi connectivity index (χ1v) is 14.4. The number of morpholine rings is 1. The number of rotatable bonds is 8. The molecule has 1 aromatic carbocycles. The number of halogens is 2. The van der Waals surface area contributed by atoms with Gasteiger partial charge in [0.2, 0.25) is 10.0 Å². The van der Waals surface area contributed by atoms with Crippen molar-refractivity contribution in [2.75, 3.05) is 47.5 Å². The predicted octanol–water partition coefficient (Wildman–Crippen LogP) is 4.11. The van der Waals surface area contributed by atoms with Crippen LogP contribution in [0.15, 0.2) is 42.6 Å². The molecule has 0 spiro atoms. The van der Waals surface area contributed by atoms with Crippen molar-refractivity contribution in [1.82, 2.24) is 19.9 Å². The summed E-state index contributed by atoms with van der Waals surface area (Å²) in [4.78, 5) is 20.7. The minimum absolute atomic E-state index is 0.00501. The Bertz CT molecular complexity index is 1670. The van der Waals surface area contributed by atoms with E-state index in [2.05, 4.69) is 14.6 Å². The van der Waals surface area contributed by atoms with E-state index < -0.39 is 28.3 Å². The molecule has 0 saturated carbocycles. The Morgan fingerprint density at radius 1 is 1.18 bits per heavy atom. The molecule has 1 fully saturated rings. The molecule has 10 nitrogen and oxygen atoms in total. The lowest BCUT2D eigenvalue weighted by Gasteiger charge is -2.34. The van der Waals surface area contributed by atoms with E-state index in [1.165, 1.54) is 18.2 Å². The second kappa shape index (κ2) is 11.3. The maximum atomic E-state index is 15.6. The van der Waals surface area contributed by atoms with Crippen LogP contribution in [0.3, 0.4) is 0 Å². The molecule has 1 saturated heterocycles. The number of sulfonamides is 1. The van der Waals surface area contributed by atoms with Gasteiger partial charge >= 0.3 is 0 Å². The zero-order valence-electron chi connectivity index (χ0n) is 22.1. The number of nitrogen functional groups attached to an aromatic ring is 1. The van der Waals surface area contributed by atoms with Crippen molar-refractivity contribution in [3.63, 3.8) is 0 Å². The summed E-state index contributed by atoms with van der Waals surface area (Å²) in [5.74, 6) is 0.171. The average molecular weight is 570 g/mol. The highest BCUT2D eigenvalue weighted by Crippen LogP contribution is 2.33. The van der Waals surface area contributed by atoms with Crippen LogP contribution >= 0.6 is 0 Å². The van der Waals surface area contributed by atoms with Gasteiger partial charge in [0.15, 0.2) is 17.5 Å². The van der Waals surface area contributed by atoms with E-state index in [1.807, 2.05) is 13.8 Å². The summed E-state index contributed by atoms with van der Waals surface area (Å²) in [6, 6.07) is 9.45. The first-order valence-electron chi connectivity index (χ1n) is 12.8. The summed E-state index contributed by atoms with van der Waals surface area (Å²) in [5.41, 5.74) is 8.57. The Morgan fingerprint density at radius 3 is 2.75 bits per heavy atom. The van der Waals surface area contributed by atoms with Gasteiger partial charge in [-0.25, -0.2) is 32.7 Å². The molecule has 1 aliphatic heterocycles. The maximum absolute atomic E-state index is 15.6. The number of nitrogens with zero attached hydrogens (tertiary/aromatic N) is 5. The first-order chi connectivity index (χ1) is 19.2. The molecule has 0 amide bonds. The third kappa shape index (κ3) is 5.65. The van der Waals surface area contributed by atoms with Crippen molar-refractivity contribution >= 4 is 38.4 Å². The molecule has 0 aliphatic carbocycles. The Balaban J connectivity index is 1.63. The minimum atomic E-state index is -3.92. The van der Waals surface area contributed by atoms with E-state index in [0.717, 1.165) is 11.1 Å². The fraction of sp³-hybridized carbons (Fsp3) is 0.333. The van der Waals surface area contributed by atoms with Gasteiger partial charge in [0.05, 0.1) is 48.6 Å². The lowest BCUT2D eigenvalue weighted by Crippen LogP contribution is -2.44. The highest BCUT2D eigenvalue weighted by molar-refractivity contribution is 7.92. The molecule has 5 rings (SSSR count). The number of nitrogens with two attached hydrogens (primary N) is 1. The van der Waals surface area contributed by atoms with Gasteiger partial charge in [-0.3, -0.25) is 9.11 Å². The molecule has 4 aromatic rings. The second-order valence-corrected chi connectivity index (χ2v) is 11.4. The van der Waals surface area contributed by atoms with Gasteiger partial charge < -0.3 is 15.4 Å². The molecule has 0 bridgehead atoms. The molecule has 40 heavy (non-hydrogen) atoms. The Morgan fingerprint density at radius 2 is 2.00 bits per heavy atom. The Hall–Kier alpha value is -3.97. The second-order valence-electron chi connectivity index (χ2n) is 9.61. The van der Waals surface area contributed by atoms with Gasteiger partial charge in [0, 0.05) is 23.9 Å². The number of aromatic nitrogens is 4. The molecule has 13 heteroatoms. The van der Waals surface area contributed by atoms with Gasteiger partial charge in [-0.2, -0.15) is 0 Å². The van der Waals surface area contributed by atoms with Crippen molar-refractivity contribution < 1.29 is 21.9 Å². The standard InChI is InChI=1S/C27H29F2N7O3S/c1-16-13-23(30)31-14-19(16)26-33-22-8-7-20(32-25(22)27(34-26)36-10-11-39-15-17(36)2)18-5-3-6-21(24(18)29)35-40(37,38)12-4-9-28/h3,5-8,13-14,17,35H,4,9-12,15H2,1-2H3,(H2,30,31). The fourth-order valence-corrected chi connectivity index (χ4v) is 5.68. The number of ether oxygens (including phenoxy) is 1. The quantitative estimate of drug-likeness (QED) is 0.321. The van der Waals surface area contributed by atoms with Crippen LogP contribution in [0.4, 0.5) is 26.1 Å². The lowest BCUT2D eigenvalue weighted by atomic mass is 10.1. The SMILES string of the molecule is Cc1cc(N)ncc1-c1nc(N2CCOCC2C)c2nc(-c3cccc(NS(=O)(=O)CCCF)c3F)ccc2n1. The Kier molecular flexibility index (Phi) is 7.76. The third-order valence-corrected chi connectivity index (χ3v) is 7.98. The third-order valence-electron chi connectivity index (χ3n) is 6.62. The molecule has 3 N–H and O–H groups in total. The molecular formula is C27H29F2N7O3S. The molecule has 210 valence electrons. The molecule has 0 radical (unpaired) electrons. The molecule has 4 heterocycles. The number of hydrogen-bond donors (Lipinski definition) is 2. The van der Waals surface area contributed by atoms with E-state index in [1.54, 1.807) is 24.4 Å². The number of fused-ring (bicyclic) bond motifs is 1. The zero-order chi connectivity index (χ0) is 28.4. The van der Waals surface area contributed by atoms with E-state index >= 15 is 4.39 Å². The van der Waals surface area contributed by atoms with Crippen molar-refractivity contribution in [3.8, 4) is 22.6 Å².